The highest BCUT2D eigenvalue weighted by atomic mass is 35.5. The van der Waals surface area contributed by atoms with Crippen LogP contribution in [0, 0.1) is 0 Å². The summed E-state index contributed by atoms with van der Waals surface area (Å²) in [6.07, 6.45) is 0.533. The summed E-state index contributed by atoms with van der Waals surface area (Å²) in [5.41, 5.74) is 0.914. The Bertz CT molecular complexity index is 786. The summed E-state index contributed by atoms with van der Waals surface area (Å²) < 4.78 is 0. The van der Waals surface area contributed by atoms with Gasteiger partial charge in [-0.1, -0.05) is 35.9 Å². The van der Waals surface area contributed by atoms with E-state index in [9.17, 15) is 14.7 Å². The van der Waals surface area contributed by atoms with E-state index >= 15 is 0 Å². The van der Waals surface area contributed by atoms with E-state index in [0.29, 0.717) is 32.7 Å². The highest BCUT2D eigenvalue weighted by Crippen LogP contribution is 2.25. The third kappa shape index (κ3) is 3.94. The van der Waals surface area contributed by atoms with E-state index in [1.54, 1.807) is 24.3 Å². The van der Waals surface area contributed by atoms with Crippen LogP contribution in [0.2, 0.25) is 5.02 Å². The molecule has 1 aromatic heterocycles. The molecule has 120 valence electrons. The fourth-order valence-electron chi connectivity index (χ4n) is 1.92. The fraction of sp³-hybridized carbons (Fsp3) is 0.200. The fourth-order valence-corrected chi connectivity index (χ4v) is 3.19. The van der Waals surface area contributed by atoms with Gasteiger partial charge in [0, 0.05) is 17.6 Å². The molecule has 8 heteroatoms. The van der Waals surface area contributed by atoms with Gasteiger partial charge in [-0.05, 0) is 24.6 Å². The van der Waals surface area contributed by atoms with Gasteiger partial charge in [0.05, 0.1) is 10.6 Å². The van der Waals surface area contributed by atoms with Crippen LogP contribution in [0.5, 0.6) is 0 Å². The highest BCUT2D eigenvalue weighted by molar-refractivity contribution is 7.18. The van der Waals surface area contributed by atoms with Gasteiger partial charge < -0.3 is 5.11 Å². The molecular weight excluding hydrogens is 338 g/mol. The first kappa shape index (κ1) is 17.1. The molecule has 0 saturated carbocycles. The quantitative estimate of drug-likeness (QED) is 0.809. The number of aliphatic imine (C=N–C) groups is 1. The lowest BCUT2D eigenvalue weighted by atomic mass is 10.2. The van der Waals surface area contributed by atoms with E-state index in [1.165, 1.54) is 7.05 Å². The largest absolute Gasteiger partial charge is 0.476 e. The Kier molecular flexibility index (Phi) is 5.46. The molecule has 1 amide bonds. The Balaban J connectivity index is 2.29. The number of anilines is 1. The Hall–Kier alpha value is -2.25. The number of hydrogen-bond acceptors (Lipinski definition) is 5. The number of carbonyl (C=O) groups is 2. The summed E-state index contributed by atoms with van der Waals surface area (Å²) in [7, 11) is 1.41. The molecular formula is C15H14ClN3O3S. The molecule has 0 unspecified atom stereocenters. The molecule has 2 N–H and O–H groups in total. The van der Waals surface area contributed by atoms with Crippen LogP contribution in [0.25, 0.3) is 0 Å². The van der Waals surface area contributed by atoms with E-state index in [4.69, 9.17) is 11.6 Å². The maximum atomic E-state index is 12.2. The van der Waals surface area contributed by atoms with Crippen molar-refractivity contribution < 1.29 is 14.7 Å². The van der Waals surface area contributed by atoms with Crippen LogP contribution in [0.15, 0.2) is 29.3 Å². The first-order valence-corrected chi connectivity index (χ1v) is 7.92. The molecule has 0 spiro atoms. The summed E-state index contributed by atoms with van der Waals surface area (Å²) in [4.78, 5) is 31.9. The van der Waals surface area contributed by atoms with Gasteiger partial charge in [0.2, 0.25) is 0 Å². The SMILES string of the molecule is CCc1nc(NC(=O)c2cccc(Cl)c2)sc1C(=NC)C(=O)O. The number of halogens is 1. The topological polar surface area (TPSA) is 91.7 Å². The monoisotopic (exact) mass is 351 g/mol. The lowest BCUT2D eigenvalue weighted by Gasteiger charge is -2.01. The van der Waals surface area contributed by atoms with Gasteiger partial charge in [-0.2, -0.15) is 0 Å². The van der Waals surface area contributed by atoms with Gasteiger partial charge in [-0.3, -0.25) is 15.1 Å². The molecule has 2 aromatic rings. The van der Waals surface area contributed by atoms with Crippen molar-refractivity contribution in [2.75, 3.05) is 12.4 Å². The van der Waals surface area contributed by atoms with E-state index in [2.05, 4.69) is 15.3 Å². The summed E-state index contributed by atoms with van der Waals surface area (Å²) in [5, 5.41) is 12.6. The summed E-state index contributed by atoms with van der Waals surface area (Å²) in [5.74, 6) is -1.49. The number of carboxylic acids is 1. The zero-order valence-electron chi connectivity index (χ0n) is 12.5. The lowest BCUT2D eigenvalue weighted by molar-refractivity contribution is -0.129. The van der Waals surface area contributed by atoms with Crippen LogP contribution in [0.4, 0.5) is 5.13 Å². The number of benzene rings is 1. The summed E-state index contributed by atoms with van der Waals surface area (Å²) >= 11 is 6.95. The van der Waals surface area contributed by atoms with Gasteiger partial charge in [-0.15, -0.1) is 0 Å². The molecule has 0 atom stereocenters. The third-order valence-electron chi connectivity index (χ3n) is 2.98. The second-order valence-corrected chi connectivity index (χ2v) is 5.93. The van der Waals surface area contributed by atoms with Gasteiger partial charge >= 0.3 is 5.97 Å². The minimum absolute atomic E-state index is 0.0670. The number of aryl methyl sites for hydroxylation is 1. The van der Waals surface area contributed by atoms with Crippen LogP contribution >= 0.6 is 22.9 Å². The van der Waals surface area contributed by atoms with Crippen LogP contribution in [-0.2, 0) is 11.2 Å². The van der Waals surface area contributed by atoms with Crippen molar-refractivity contribution in [3.8, 4) is 0 Å². The molecule has 0 saturated heterocycles. The molecule has 0 aliphatic rings. The average molecular weight is 352 g/mol. The molecule has 0 aliphatic carbocycles. The zero-order valence-corrected chi connectivity index (χ0v) is 14.0. The number of nitrogens with one attached hydrogen (secondary N) is 1. The normalized spacial score (nSPS) is 11.3. The molecule has 6 nitrogen and oxygen atoms in total. The van der Waals surface area contributed by atoms with Gasteiger partial charge in [0.25, 0.3) is 5.91 Å². The van der Waals surface area contributed by atoms with Crippen molar-refractivity contribution in [3.05, 3.63) is 45.4 Å². The van der Waals surface area contributed by atoms with Crippen LogP contribution in [0.1, 0.15) is 27.9 Å². The van der Waals surface area contributed by atoms with Crippen molar-refractivity contribution in [2.45, 2.75) is 13.3 Å². The van der Waals surface area contributed by atoms with Crippen molar-refractivity contribution in [3.63, 3.8) is 0 Å². The Morgan fingerprint density at radius 1 is 1.43 bits per heavy atom. The number of aliphatic carboxylic acids is 1. The van der Waals surface area contributed by atoms with Crippen LogP contribution < -0.4 is 5.32 Å². The molecule has 1 aromatic carbocycles. The third-order valence-corrected chi connectivity index (χ3v) is 4.24. The molecule has 23 heavy (non-hydrogen) atoms. The first-order valence-electron chi connectivity index (χ1n) is 6.73. The van der Waals surface area contributed by atoms with E-state index in [1.807, 2.05) is 6.92 Å². The number of thiazole rings is 1. The van der Waals surface area contributed by atoms with E-state index in [0.717, 1.165) is 11.3 Å². The first-order chi connectivity index (χ1) is 11.0. The Morgan fingerprint density at radius 3 is 2.74 bits per heavy atom. The number of carbonyl (C=O) groups excluding carboxylic acids is 1. The standard InChI is InChI=1S/C15H14ClN3O3S/c1-3-10-12(11(17-2)14(21)22)23-15(18-10)19-13(20)8-5-4-6-9(16)7-8/h4-7H,3H2,1-2H3,(H,21,22)(H,18,19,20). The van der Waals surface area contributed by atoms with Crippen LogP contribution in [0.3, 0.4) is 0 Å². The minimum atomic E-state index is -1.13. The Labute approximate surface area is 141 Å². The average Bonchev–Trinajstić information content (AvgIpc) is 2.90. The lowest BCUT2D eigenvalue weighted by Crippen LogP contribution is -2.14. The number of aromatic nitrogens is 1. The molecule has 1 heterocycles. The van der Waals surface area contributed by atoms with Gasteiger partial charge in [0.15, 0.2) is 10.8 Å². The summed E-state index contributed by atoms with van der Waals surface area (Å²) in [6, 6.07) is 6.52. The van der Waals surface area contributed by atoms with Gasteiger partial charge in [0.1, 0.15) is 0 Å². The van der Waals surface area contributed by atoms with E-state index in [-0.39, 0.29) is 11.6 Å². The number of carboxylic acid groups (broad SMARTS) is 1. The number of hydrogen-bond donors (Lipinski definition) is 2. The zero-order chi connectivity index (χ0) is 17.0. The number of rotatable bonds is 5. The molecule has 2 rings (SSSR count). The van der Waals surface area contributed by atoms with Crippen molar-refractivity contribution in [1.29, 1.82) is 0 Å². The number of nitrogens with zero attached hydrogens (tertiary/aromatic N) is 2. The summed E-state index contributed by atoms with van der Waals surface area (Å²) in [6.45, 7) is 1.86. The molecule has 0 fully saturated rings. The van der Waals surface area contributed by atoms with Crippen molar-refractivity contribution in [1.82, 2.24) is 4.98 Å². The van der Waals surface area contributed by atoms with Crippen molar-refractivity contribution in [2.24, 2.45) is 4.99 Å². The minimum Gasteiger partial charge on any atom is -0.476 e. The van der Waals surface area contributed by atoms with Crippen LogP contribution in [-0.4, -0.2) is 34.7 Å². The predicted octanol–water partition coefficient (Wildman–Crippen LogP) is 3.11. The second kappa shape index (κ2) is 7.34. The van der Waals surface area contributed by atoms with Crippen molar-refractivity contribution >= 4 is 45.7 Å². The molecule has 0 bridgehead atoms. The molecule has 0 radical (unpaired) electrons. The van der Waals surface area contributed by atoms with E-state index < -0.39 is 5.97 Å². The van der Waals surface area contributed by atoms with Gasteiger partial charge in [-0.25, -0.2) is 9.78 Å². The predicted molar refractivity (Wildman–Crippen MR) is 91.0 cm³/mol. The number of amides is 1. The second-order valence-electron chi connectivity index (χ2n) is 4.49. The smallest absolute Gasteiger partial charge is 0.355 e. The maximum Gasteiger partial charge on any atom is 0.355 e. The molecule has 0 aliphatic heterocycles. The Morgan fingerprint density at radius 2 is 2.17 bits per heavy atom. The highest BCUT2D eigenvalue weighted by Gasteiger charge is 2.21. The maximum absolute atomic E-state index is 12.2.